The minimum atomic E-state index is -0.385. The van der Waals surface area contributed by atoms with Crippen LogP contribution in [0.1, 0.15) is 61.9 Å². The summed E-state index contributed by atoms with van der Waals surface area (Å²) in [6.07, 6.45) is 3.54. The first-order chi connectivity index (χ1) is 11.4. The molecule has 0 aliphatic rings. The number of nitrogens with one attached hydrogen (secondary N) is 2. The Morgan fingerprint density at radius 2 is 2.04 bits per heavy atom. The molecule has 1 rings (SSSR count). The van der Waals surface area contributed by atoms with Crippen molar-refractivity contribution in [3.05, 3.63) is 23.2 Å². The third-order valence-electron chi connectivity index (χ3n) is 3.83. The average Bonchev–Trinajstić information content (AvgIpc) is 2.91. The number of rotatable bonds is 8. The van der Waals surface area contributed by atoms with Crippen molar-refractivity contribution in [2.24, 2.45) is 10.9 Å². The summed E-state index contributed by atoms with van der Waals surface area (Å²) in [5, 5.41) is 6.58. The molecule has 24 heavy (non-hydrogen) atoms. The summed E-state index contributed by atoms with van der Waals surface area (Å²) in [4.78, 5) is 15.8. The summed E-state index contributed by atoms with van der Waals surface area (Å²) in [5.74, 6) is 2.30. The predicted molar refractivity (Wildman–Crippen MR) is 96.3 cm³/mol. The quantitative estimate of drug-likeness (QED) is 0.433. The zero-order valence-corrected chi connectivity index (χ0v) is 15.7. The molecule has 1 aromatic rings. The van der Waals surface area contributed by atoms with Crippen LogP contribution < -0.4 is 10.6 Å². The lowest BCUT2D eigenvalue weighted by Crippen LogP contribution is -2.41. The molecule has 1 unspecified atom stereocenters. The van der Waals surface area contributed by atoms with E-state index in [1.54, 1.807) is 20.0 Å². The van der Waals surface area contributed by atoms with Crippen LogP contribution >= 0.6 is 0 Å². The summed E-state index contributed by atoms with van der Waals surface area (Å²) in [6, 6.07) is 2.05. The zero-order chi connectivity index (χ0) is 18.1. The second kappa shape index (κ2) is 10.0. The number of methoxy groups -OCH3 is 1. The Kier molecular flexibility index (Phi) is 8.36. The predicted octanol–water partition coefficient (Wildman–Crippen LogP) is 3.25. The van der Waals surface area contributed by atoms with E-state index in [0.717, 1.165) is 18.3 Å². The number of carbonyl (C=O) groups excluding carboxylic acids is 1. The third-order valence-corrected chi connectivity index (χ3v) is 3.83. The molecule has 0 bridgehead atoms. The van der Waals surface area contributed by atoms with Gasteiger partial charge >= 0.3 is 5.97 Å². The first-order valence-electron chi connectivity index (χ1n) is 8.52. The smallest absolute Gasteiger partial charge is 0.341 e. The van der Waals surface area contributed by atoms with Crippen LogP contribution in [0.25, 0.3) is 0 Å². The summed E-state index contributed by atoms with van der Waals surface area (Å²) >= 11 is 0. The highest BCUT2D eigenvalue weighted by Gasteiger charge is 2.15. The molecule has 1 atom stereocenters. The Balaban J connectivity index is 2.48. The Labute approximate surface area is 145 Å². The molecule has 0 saturated carbocycles. The summed E-state index contributed by atoms with van der Waals surface area (Å²) < 4.78 is 10.3. The van der Waals surface area contributed by atoms with E-state index in [1.807, 2.05) is 0 Å². The van der Waals surface area contributed by atoms with Crippen LogP contribution in [-0.4, -0.2) is 32.1 Å². The summed E-state index contributed by atoms with van der Waals surface area (Å²) in [5.41, 5.74) is 0.458. The van der Waals surface area contributed by atoms with Gasteiger partial charge in [0, 0.05) is 13.1 Å². The van der Waals surface area contributed by atoms with Gasteiger partial charge in [-0.3, -0.25) is 4.99 Å². The number of hydrogen-bond donors (Lipinski definition) is 2. The zero-order valence-electron chi connectivity index (χ0n) is 15.7. The molecule has 2 N–H and O–H groups in total. The molecule has 0 aliphatic carbocycles. The van der Waals surface area contributed by atoms with Gasteiger partial charge in [-0.05, 0) is 32.3 Å². The van der Waals surface area contributed by atoms with Crippen LogP contribution in [0.5, 0.6) is 0 Å². The van der Waals surface area contributed by atoms with Gasteiger partial charge in [0.25, 0.3) is 0 Å². The van der Waals surface area contributed by atoms with E-state index in [0.29, 0.717) is 29.7 Å². The van der Waals surface area contributed by atoms with Gasteiger partial charge in [0.15, 0.2) is 5.96 Å². The Bertz CT molecular complexity index is 550. The molecule has 0 radical (unpaired) electrons. The number of carbonyl (C=O) groups is 1. The van der Waals surface area contributed by atoms with Gasteiger partial charge < -0.3 is 19.8 Å². The lowest BCUT2D eigenvalue weighted by atomic mass is 10.0. The van der Waals surface area contributed by atoms with Gasteiger partial charge in [0.1, 0.15) is 17.1 Å². The Morgan fingerprint density at radius 1 is 1.33 bits per heavy atom. The van der Waals surface area contributed by atoms with Crippen LogP contribution in [0, 0.1) is 12.8 Å². The van der Waals surface area contributed by atoms with Crippen LogP contribution in [0.15, 0.2) is 15.5 Å². The molecular weight excluding hydrogens is 306 g/mol. The van der Waals surface area contributed by atoms with Crippen LogP contribution in [0.4, 0.5) is 0 Å². The number of nitrogens with zero attached hydrogens (tertiary/aromatic N) is 1. The van der Waals surface area contributed by atoms with E-state index in [4.69, 9.17) is 9.15 Å². The van der Waals surface area contributed by atoms with Crippen molar-refractivity contribution in [3.63, 3.8) is 0 Å². The molecule has 0 spiro atoms. The highest BCUT2D eigenvalue weighted by atomic mass is 16.5. The highest BCUT2D eigenvalue weighted by Crippen LogP contribution is 2.15. The number of aryl methyl sites for hydroxylation is 1. The van der Waals surface area contributed by atoms with E-state index in [9.17, 15) is 4.79 Å². The number of hydrogen-bond acceptors (Lipinski definition) is 4. The first-order valence-corrected chi connectivity index (χ1v) is 8.52. The van der Waals surface area contributed by atoms with Crippen molar-refractivity contribution in [2.75, 3.05) is 14.2 Å². The van der Waals surface area contributed by atoms with Gasteiger partial charge in [-0.25, -0.2) is 4.79 Å². The van der Waals surface area contributed by atoms with Crippen LogP contribution in [0.3, 0.4) is 0 Å². The fraction of sp³-hybridized carbons (Fsp3) is 0.667. The molecule has 136 valence electrons. The molecule has 1 aromatic heterocycles. The fourth-order valence-corrected chi connectivity index (χ4v) is 2.45. The SMILES string of the molecule is CN=C(NCc1cc(C(=O)OC)c(C)o1)NC(C)CCCC(C)C. The van der Waals surface area contributed by atoms with E-state index < -0.39 is 0 Å². The lowest BCUT2D eigenvalue weighted by molar-refractivity contribution is 0.0599. The molecule has 0 fully saturated rings. The van der Waals surface area contributed by atoms with Gasteiger partial charge in [-0.2, -0.15) is 0 Å². The normalized spacial score (nSPS) is 13.0. The molecule has 6 nitrogen and oxygen atoms in total. The van der Waals surface area contributed by atoms with Crippen molar-refractivity contribution in [1.82, 2.24) is 10.6 Å². The lowest BCUT2D eigenvalue weighted by Gasteiger charge is -2.18. The highest BCUT2D eigenvalue weighted by molar-refractivity contribution is 5.90. The summed E-state index contributed by atoms with van der Waals surface area (Å²) in [6.45, 7) is 8.84. The number of aliphatic imine (C=N–C) groups is 1. The minimum Gasteiger partial charge on any atom is -0.465 e. The monoisotopic (exact) mass is 337 g/mol. The number of guanidine groups is 1. The van der Waals surface area contributed by atoms with Crippen molar-refractivity contribution < 1.29 is 13.9 Å². The van der Waals surface area contributed by atoms with E-state index in [2.05, 4.69) is 36.4 Å². The number of ether oxygens (including phenoxy) is 1. The third kappa shape index (κ3) is 6.64. The topological polar surface area (TPSA) is 75.9 Å². The second-order valence-electron chi connectivity index (χ2n) is 6.47. The molecule has 0 saturated heterocycles. The second-order valence-corrected chi connectivity index (χ2v) is 6.47. The van der Waals surface area contributed by atoms with Crippen molar-refractivity contribution in [1.29, 1.82) is 0 Å². The van der Waals surface area contributed by atoms with Gasteiger partial charge in [0.05, 0.1) is 13.7 Å². The minimum absolute atomic E-state index is 0.346. The van der Waals surface area contributed by atoms with Gasteiger partial charge in [-0.15, -0.1) is 0 Å². The van der Waals surface area contributed by atoms with E-state index >= 15 is 0 Å². The first kappa shape index (κ1) is 20.1. The maximum absolute atomic E-state index is 11.6. The maximum atomic E-state index is 11.6. The van der Waals surface area contributed by atoms with Crippen molar-refractivity contribution in [2.45, 2.75) is 59.5 Å². The molecule has 0 aliphatic heterocycles. The number of esters is 1. The molecule has 6 heteroatoms. The van der Waals surface area contributed by atoms with E-state index in [-0.39, 0.29) is 5.97 Å². The van der Waals surface area contributed by atoms with Crippen LogP contribution in [-0.2, 0) is 11.3 Å². The largest absolute Gasteiger partial charge is 0.465 e. The van der Waals surface area contributed by atoms with Gasteiger partial charge in [-0.1, -0.05) is 26.7 Å². The molecule has 0 amide bonds. The van der Waals surface area contributed by atoms with Crippen molar-refractivity contribution >= 4 is 11.9 Å². The average molecular weight is 337 g/mol. The molecule has 1 heterocycles. The summed E-state index contributed by atoms with van der Waals surface area (Å²) in [7, 11) is 3.10. The Morgan fingerprint density at radius 3 is 2.62 bits per heavy atom. The number of furan rings is 1. The fourth-order valence-electron chi connectivity index (χ4n) is 2.45. The van der Waals surface area contributed by atoms with Crippen LogP contribution in [0.2, 0.25) is 0 Å². The van der Waals surface area contributed by atoms with Gasteiger partial charge in [0.2, 0.25) is 0 Å². The molecule has 0 aromatic carbocycles. The maximum Gasteiger partial charge on any atom is 0.341 e. The molecular formula is C18H31N3O3. The van der Waals surface area contributed by atoms with E-state index in [1.165, 1.54) is 20.0 Å². The Hall–Kier alpha value is -1.98. The standard InChI is InChI=1S/C18H31N3O3/c1-12(2)8-7-9-13(3)21-18(19-5)20-11-15-10-16(14(4)24-15)17(22)23-6/h10,12-13H,7-9,11H2,1-6H3,(H2,19,20,21). The van der Waals surface area contributed by atoms with Crippen molar-refractivity contribution in [3.8, 4) is 0 Å².